The lowest BCUT2D eigenvalue weighted by Gasteiger charge is -2.18. The molecule has 1 saturated heterocycles. The van der Waals surface area contributed by atoms with E-state index in [4.69, 9.17) is 0 Å². The van der Waals surface area contributed by atoms with E-state index < -0.39 is 0 Å². The van der Waals surface area contributed by atoms with Crippen LogP contribution in [0.25, 0.3) is 10.9 Å². The lowest BCUT2D eigenvalue weighted by Crippen LogP contribution is -2.17. The van der Waals surface area contributed by atoms with E-state index in [1.54, 1.807) is 0 Å². The lowest BCUT2D eigenvalue weighted by atomic mass is 10.2. The zero-order valence-corrected chi connectivity index (χ0v) is 8.16. The molecule has 1 aromatic heterocycles. The Balaban J connectivity index is 2.14. The number of hydrogen-bond donors (Lipinski definition) is 1. The highest BCUT2D eigenvalue weighted by Crippen LogP contribution is 2.27. The van der Waals surface area contributed by atoms with Crippen LogP contribution in [0.5, 0.6) is 0 Å². The van der Waals surface area contributed by atoms with Crippen molar-refractivity contribution in [3.8, 4) is 0 Å². The van der Waals surface area contributed by atoms with Gasteiger partial charge in [0.15, 0.2) is 0 Å². The van der Waals surface area contributed by atoms with Crippen LogP contribution in [0.4, 0.5) is 5.69 Å². The first kappa shape index (κ1) is 7.92. The average molecular weight is 186 g/mol. The van der Waals surface area contributed by atoms with Crippen LogP contribution in [0.1, 0.15) is 12.8 Å². The molecule has 0 spiro atoms. The molecule has 3 rings (SSSR count). The maximum Gasteiger partial charge on any atom is 0.0691 e. The Morgan fingerprint density at radius 2 is 1.93 bits per heavy atom. The molecule has 0 atom stereocenters. The predicted octanol–water partition coefficient (Wildman–Crippen LogP) is 2.77. The number of aromatic nitrogens is 1. The molecule has 1 fully saturated rings. The summed E-state index contributed by atoms with van der Waals surface area (Å²) >= 11 is 0. The number of H-pyrrole nitrogens is 1. The first-order valence-corrected chi connectivity index (χ1v) is 5.26. The topological polar surface area (TPSA) is 19.0 Å². The van der Waals surface area contributed by atoms with Crippen LogP contribution in [0.3, 0.4) is 0 Å². The van der Waals surface area contributed by atoms with Gasteiger partial charge in [0.1, 0.15) is 0 Å². The highest BCUT2D eigenvalue weighted by atomic mass is 15.1. The Hall–Kier alpha value is -1.44. The van der Waals surface area contributed by atoms with Crippen molar-refractivity contribution in [2.24, 2.45) is 0 Å². The van der Waals surface area contributed by atoms with Crippen molar-refractivity contribution in [1.82, 2.24) is 4.98 Å². The molecule has 14 heavy (non-hydrogen) atoms. The summed E-state index contributed by atoms with van der Waals surface area (Å²) < 4.78 is 0. The second kappa shape index (κ2) is 3.05. The Kier molecular flexibility index (Phi) is 1.72. The van der Waals surface area contributed by atoms with E-state index >= 15 is 0 Å². The van der Waals surface area contributed by atoms with Crippen LogP contribution in [0.2, 0.25) is 0 Å². The van der Waals surface area contributed by atoms with Crippen LogP contribution < -0.4 is 4.90 Å². The van der Waals surface area contributed by atoms with E-state index in [9.17, 15) is 0 Å². The summed E-state index contributed by atoms with van der Waals surface area (Å²) in [5.41, 5.74) is 2.65. The fourth-order valence-corrected chi connectivity index (χ4v) is 2.29. The largest absolute Gasteiger partial charge is 0.370 e. The molecule has 2 aromatic rings. The molecular formula is C12H14N2. The van der Waals surface area contributed by atoms with E-state index in [2.05, 4.69) is 34.1 Å². The number of fused-ring (bicyclic) bond motifs is 1. The molecule has 1 N–H and O–H groups in total. The van der Waals surface area contributed by atoms with Crippen molar-refractivity contribution in [1.29, 1.82) is 0 Å². The van der Waals surface area contributed by atoms with Crippen LogP contribution in [-0.4, -0.2) is 18.1 Å². The van der Waals surface area contributed by atoms with Crippen molar-refractivity contribution in [2.75, 3.05) is 18.0 Å². The second-order valence-corrected chi connectivity index (χ2v) is 3.91. The van der Waals surface area contributed by atoms with Crippen molar-refractivity contribution < 1.29 is 0 Å². The van der Waals surface area contributed by atoms with Crippen LogP contribution >= 0.6 is 0 Å². The van der Waals surface area contributed by atoms with Crippen LogP contribution in [-0.2, 0) is 0 Å². The molecule has 0 unspecified atom stereocenters. The summed E-state index contributed by atoms with van der Waals surface area (Å²) in [6.45, 7) is 2.41. The van der Waals surface area contributed by atoms with E-state index in [1.165, 1.54) is 42.5 Å². The molecule has 72 valence electrons. The highest BCUT2D eigenvalue weighted by molar-refractivity contribution is 5.91. The van der Waals surface area contributed by atoms with Gasteiger partial charge >= 0.3 is 0 Å². The van der Waals surface area contributed by atoms with Crippen molar-refractivity contribution in [2.45, 2.75) is 12.8 Å². The molecule has 0 saturated carbocycles. The summed E-state index contributed by atoms with van der Waals surface area (Å²) in [6.07, 6.45) is 4.68. The lowest BCUT2D eigenvalue weighted by molar-refractivity contribution is 0.949. The number of benzene rings is 1. The summed E-state index contributed by atoms with van der Waals surface area (Å²) in [5, 5.41) is 1.31. The summed E-state index contributed by atoms with van der Waals surface area (Å²) in [4.78, 5) is 5.79. The molecule has 0 amide bonds. The molecule has 2 heteroatoms. The minimum Gasteiger partial charge on any atom is -0.370 e. The fourth-order valence-electron chi connectivity index (χ4n) is 2.29. The molecule has 0 aliphatic carbocycles. The van der Waals surface area contributed by atoms with Gasteiger partial charge in [0.25, 0.3) is 0 Å². The minimum absolute atomic E-state index is 1.21. The smallest absolute Gasteiger partial charge is 0.0691 e. The number of aromatic amines is 1. The maximum atomic E-state index is 3.32. The SMILES string of the molecule is c1cc(N2CCCC2)c2[nH]ccc2c1. The van der Waals surface area contributed by atoms with Crippen molar-refractivity contribution in [3.05, 3.63) is 30.5 Å². The molecular weight excluding hydrogens is 172 g/mol. The van der Waals surface area contributed by atoms with Gasteiger partial charge in [0, 0.05) is 24.7 Å². The van der Waals surface area contributed by atoms with E-state index in [0.717, 1.165) is 0 Å². The van der Waals surface area contributed by atoms with Gasteiger partial charge in [-0.25, -0.2) is 0 Å². The Morgan fingerprint density at radius 1 is 1.07 bits per heavy atom. The minimum atomic E-state index is 1.21. The maximum absolute atomic E-state index is 3.32. The normalized spacial score (nSPS) is 16.7. The number of nitrogens with zero attached hydrogens (tertiary/aromatic N) is 1. The Labute approximate surface area is 83.5 Å². The molecule has 1 aliphatic rings. The van der Waals surface area contributed by atoms with E-state index in [1.807, 2.05) is 6.20 Å². The first-order valence-electron chi connectivity index (χ1n) is 5.26. The molecule has 0 bridgehead atoms. The molecule has 1 aromatic carbocycles. The third-order valence-electron chi connectivity index (χ3n) is 3.01. The predicted molar refractivity (Wildman–Crippen MR) is 59.7 cm³/mol. The number of anilines is 1. The van der Waals surface area contributed by atoms with Gasteiger partial charge in [-0.15, -0.1) is 0 Å². The van der Waals surface area contributed by atoms with E-state index in [0.29, 0.717) is 0 Å². The standard InChI is InChI=1S/C12H14N2/c1-2-9-14(8-1)11-5-3-4-10-6-7-13-12(10)11/h3-7,13H,1-2,8-9H2. The van der Waals surface area contributed by atoms with Gasteiger partial charge in [-0.1, -0.05) is 12.1 Å². The summed E-state index contributed by atoms with van der Waals surface area (Å²) in [5.74, 6) is 0. The quantitative estimate of drug-likeness (QED) is 0.725. The number of para-hydroxylation sites is 1. The molecule has 2 nitrogen and oxygen atoms in total. The zero-order chi connectivity index (χ0) is 9.38. The van der Waals surface area contributed by atoms with Crippen LogP contribution in [0.15, 0.2) is 30.5 Å². The number of rotatable bonds is 1. The molecule has 0 radical (unpaired) electrons. The second-order valence-electron chi connectivity index (χ2n) is 3.91. The van der Waals surface area contributed by atoms with Gasteiger partial charge < -0.3 is 9.88 Å². The third kappa shape index (κ3) is 1.10. The summed E-state index contributed by atoms with van der Waals surface area (Å²) in [7, 11) is 0. The third-order valence-corrected chi connectivity index (χ3v) is 3.01. The zero-order valence-electron chi connectivity index (χ0n) is 8.16. The van der Waals surface area contributed by atoms with E-state index in [-0.39, 0.29) is 0 Å². The summed E-state index contributed by atoms with van der Waals surface area (Å²) in [6, 6.07) is 8.65. The van der Waals surface area contributed by atoms with Gasteiger partial charge in [-0.05, 0) is 25.0 Å². The van der Waals surface area contributed by atoms with Gasteiger partial charge in [0.05, 0.1) is 11.2 Å². The molecule has 1 aliphatic heterocycles. The average Bonchev–Trinajstić information content (AvgIpc) is 2.88. The Morgan fingerprint density at radius 3 is 2.79 bits per heavy atom. The van der Waals surface area contributed by atoms with Gasteiger partial charge in [0.2, 0.25) is 0 Å². The number of nitrogens with one attached hydrogen (secondary N) is 1. The van der Waals surface area contributed by atoms with Crippen LogP contribution in [0, 0.1) is 0 Å². The molecule has 2 heterocycles. The first-order chi connectivity index (χ1) is 6.95. The monoisotopic (exact) mass is 186 g/mol. The van der Waals surface area contributed by atoms with Gasteiger partial charge in [-0.2, -0.15) is 0 Å². The Bertz CT molecular complexity index is 438. The van der Waals surface area contributed by atoms with Crippen molar-refractivity contribution in [3.63, 3.8) is 0 Å². The highest BCUT2D eigenvalue weighted by Gasteiger charge is 2.14. The van der Waals surface area contributed by atoms with Gasteiger partial charge in [-0.3, -0.25) is 0 Å². The number of hydrogen-bond acceptors (Lipinski definition) is 1. The van der Waals surface area contributed by atoms with Crippen molar-refractivity contribution >= 4 is 16.6 Å². The fraction of sp³-hybridized carbons (Fsp3) is 0.333.